The second kappa shape index (κ2) is 12.8. The normalized spacial score (nSPS) is 14.6. The van der Waals surface area contributed by atoms with Gasteiger partial charge in [0.15, 0.2) is 0 Å². The van der Waals surface area contributed by atoms with E-state index < -0.39 is 15.8 Å². The third-order valence-electron chi connectivity index (χ3n) is 8.34. The minimum absolute atomic E-state index is 0.275. The van der Waals surface area contributed by atoms with Crippen molar-refractivity contribution in [1.82, 2.24) is 10.2 Å². The highest BCUT2D eigenvalue weighted by molar-refractivity contribution is 7.92. The maximum atomic E-state index is 13.7. The number of carbonyl (C=O) groups is 1. The molecule has 0 atom stereocenters. The lowest BCUT2D eigenvalue weighted by Gasteiger charge is -2.30. The Bertz CT molecular complexity index is 1930. The average Bonchev–Trinajstić information content (AvgIpc) is 3.42. The molecule has 0 fully saturated rings. The summed E-state index contributed by atoms with van der Waals surface area (Å²) in [5.74, 6) is -0.485. The topological polar surface area (TPSA) is 82.9 Å². The van der Waals surface area contributed by atoms with Crippen molar-refractivity contribution >= 4 is 32.6 Å². The van der Waals surface area contributed by atoms with Crippen LogP contribution in [0.3, 0.4) is 0 Å². The van der Waals surface area contributed by atoms with E-state index in [0.29, 0.717) is 39.8 Å². The van der Waals surface area contributed by atoms with Gasteiger partial charge in [-0.3, -0.25) is 9.10 Å². The molecule has 1 N–H and O–H groups in total. The summed E-state index contributed by atoms with van der Waals surface area (Å²) >= 11 is 0. The van der Waals surface area contributed by atoms with Gasteiger partial charge in [-0.25, -0.2) is 12.8 Å². The quantitative estimate of drug-likeness (QED) is 0.183. The molecule has 45 heavy (non-hydrogen) atoms. The van der Waals surface area contributed by atoms with E-state index in [9.17, 15) is 17.6 Å². The largest absolute Gasteiger partial charge is 0.455 e. The van der Waals surface area contributed by atoms with Crippen LogP contribution in [-0.2, 0) is 10.0 Å². The first-order valence-electron chi connectivity index (χ1n) is 15.2. The van der Waals surface area contributed by atoms with Crippen LogP contribution in [0.1, 0.15) is 42.5 Å². The van der Waals surface area contributed by atoms with Crippen LogP contribution in [0.5, 0.6) is 0 Å². The predicted octanol–water partition coefficient (Wildman–Crippen LogP) is 7.64. The Morgan fingerprint density at radius 3 is 2.53 bits per heavy atom. The van der Waals surface area contributed by atoms with Crippen molar-refractivity contribution in [3.63, 3.8) is 0 Å². The summed E-state index contributed by atoms with van der Waals surface area (Å²) in [4.78, 5) is 15.5. The van der Waals surface area contributed by atoms with Crippen molar-refractivity contribution in [2.24, 2.45) is 0 Å². The monoisotopic (exact) mass is 625 g/mol. The molecule has 0 radical (unpaired) electrons. The number of anilines is 1. The molecule has 6 rings (SSSR count). The zero-order chi connectivity index (χ0) is 31.6. The van der Waals surface area contributed by atoms with E-state index in [1.807, 2.05) is 36.4 Å². The van der Waals surface area contributed by atoms with Gasteiger partial charge in [-0.15, -0.1) is 0 Å². The van der Waals surface area contributed by atoms with E-state index in [-0.39, 0.29) is 18.2 Å². The first kappa shape index (κ1) is 30.4. The van der Waals surface area contributed by atoms with Crippen LogP contribution in [0.4, 0.5) is 10.1 Å². The number of hydrogen-bond acceptors (Lipinski definition) is 5. The Morgan fingerprint density at radius 2 is 1.80 bits per heavy atom. The fourth-order valence-corrected chi connectivity index (χ4v) is 7.12. The molecule has 0 saturated heterocycles. The fraction of sp³-hybridized carbons (Fsp3) is 0.250. The minimum Gasteiger partial charge on any atom is -0.455 e. The molecule has 2 heterocycles. The Labute approximate surface area is 263 Å². The molecule has 9 heteroatoms. The van der Waals surface area contributed by atoms with Gasteiger partial charge >= 0.3 is 0 Å². The highest BCUT2D eigenvalue weighted by atomic mass is 32.2. The summed E-state index contributed by atoms with van der Waals surface area (Å²) in [5.41, 5.74) is 5.84. The number of carbonyl (C=O) groups excluding carboxylic acids is 1. The summed E-state index contributed by atoms with van der Waals surface area (Å²) in [6.45, 7) is 1.06. The molecule has 1 aromatic heterocycles. The number of unbranched alkanes of at least 4 members (excludes halogenated alkanes) is 1. The molecule has 0 saturated carbocycles. The number of halogens is 1. The number of sulfonamides is 1. The van der Waals surface area contributed by atoms with Gasteiger partial charge in [0.25, 0.3) is 5.91 Å². The van der Waals surface area contributed by atoms with Crippen molar-refractivity contribution in [3.05, 3.63) is 114 Å². The van der Waals surface area contributed by atoms with Crippen molar-refractivity contribution in [3.8, 4) is 22.5 Å². The lowest BCUT2D eigenvalue weighted by atomic mass is 9.96. The number of rotatable bonds is 10. The van der Waals surface area contributed by atoms with Crippen LogP contribution in [0.25, 0.3) is 33.4 Å². The SMILES string of the molecule is CNC(=O)c1c(-c2ccc(F)cc2)oc2cc(N(CCCCN3C=CCC4=C3C=CCC4)S(C)(=O)=O)c(-c3ccccc3)cc12. The summed E-state index contributed by atoms with van der Waals surface area (Å²) in [5, 5.41) is 3.22. The van der Waals surface area contributed by atoms with Crippen LogP contribution >= 0.6 is 0 Å². The number of nitrogens with zero attached hydrogens (tertiary/aromatic N) is 2. The number of furan rings is 1. The van der Waals surface area contributed by atoms with E-state index >= 15 is 0 Å². The molecule has 0 spiro atoms. The highest BCUT2D eigenvalue weighted by Gasteiger charge is 2.27. The summed E-state index contributed by atoms with van der Waals surface area (Å²) in [6.07, 6.45) is 14.5. The van der Waals surface area contributed by atoms with E-state index in [1.165, 1.54) is 41.0 Å². The second-order valence-electron chi connectivity index (χ2n) is 11.4. The third-order valence-corrected chi connectivity index (χ3v) is 9.52. The van der Waals surface area contributed by atoms with Gasteiger partial charge in [0.1, 0.15) is 17.2 Å². The summed E-state index contributed by atoms with van der Waals surface area (Å²) < 4.78 is 48.2. The molecular formula is C36H36FN3O4S. The third kappa shape index (κ3) is 6.31. The van der Waals surface area contributed by atoms with Crippen LogP contribution < -0.4 is 9.62 Å². The fourth-order valence-electron chi connectivity index (χ4n) is 6.15. The van der Waals surface area contributed by atoms with Gasteiger partial charge in [-0.1, -0.05) is 42.5 Å². The molecule has 3 aromatic carbocycles. The molecule has 1 amide bonds. The first-order valence-corrected chi connectivity index (χ1v) is 17.0. The molecular weight excluding hydrogens is 589 g/mol. The molecule has 2 aliphatic rings. The van der Waals surface area contributed by atoms with Crippen LogP contribution in [-0.4, -0.2) is 45.6 Å². The zero-order valence-electron chi connectivity index (χ0n) is 25.4. The predicted molar refractivity (Wildman–Crippen MR) is 178 cm³/mol. The van der Waals surface area contributed by atoms with Crippen molar-refractivity contribution in [2.75, 3.05) is 30.7 Å². The van der Waals surface area contributed by atoms with E-state index in [1.54, 1.807) is 18.2 Å². The highest BCUT2D eigenvalue weighted by Crippen LogP contribution is 2.42. The molecule has 232 valence electrons. The Hall–Kier alpha value is -4.63. The van der Waals surface area contributed by atoms with Crippen LogP contribution in [0.2, 0.25) is 0 Å². The lowest BCUT2D eigenvalue weighted by molar-refractivity contribution is 0.0964. The van der Waals surface area contributed by atoms with Gasteiger partial charge in [0.05, 0.1) is 17.5 Å². The Kier molecular flexibility index (Phi) is 8.63. The average molecular weight is 626 g/mol. The number of amides is 1. The summed E-state index contributed by atoms with van der Waals surface area (Å²) in [7, 11) is -2.16. The van der Waals surface area contributed by atoms with E-state index in [2.05, 4.69) is 34.6 Å². The van der Waals surface area contributed by atoms with Crippen molar-refractivity contribution in [1.29, 1.82) is 0 Å². The zero-order valence-corrected chi connectivity index (χ0v) is 26.2. The standard InChI is InChI=1S/C36H36FN3O4S/c1-38-36(41)34-30-23-29(25-11-4-3-5-12-25)32(24-33(30)44-35(34)27-16-18-28(37)19-17-27)40(45(2,42)43)22-9-8-20-39-21-10-14-26-13-6-7-15-31(26)39/h3-5,7,10-12,15-19,21,23-24H,6,8-9,13-14,20,22H2,1-2H3,(H,38,41). The minimum atomic E-state index is -3.70. The molecule has 0 unspecified atom stereocenters. The van der Waals surface area contributed by atoms with Gasteiger partial charge < -0.3 is 14.6 Å². The number of hydrogen-bond donors (Lipinski definition) is 1. The maximum absolute atomic E-state index is 13.7. The number of fused-ring (bicyclic) bond motifs is 1. The number of nitrogens with one attached hydrogen (secondary N) is 1. The number of allylic oxidation sites excluding steroid dienone is 4. The lowest BCUT2D eigenvalue weighted by Crippen LogP contribution is -2.32. The summed E-state index contributed by atoms with van der Waals surface area (Å²) in [6, 6.07) is 18.8. The van der Waals surface area contributed by atoms with Crippen molar-refractivity contribution in [2.45, 2.75) is 32.1 Å². The van der Waals surface area contributed by atoms with Gasteiger partial charge in [0, 0.05) is 54.6 Å². The molecule has 1 aliphatic carbocycles. The van der Waals surface area contributed by atoms with Crippen molar-refractivity contribution < 1.29 is 22.0 Å². The number of benzene rings is 3. The van der Waals surface area contributed by atoms with Crippen LogP contribution in [0, 0.1) is 5.82 Å². The second-order valence-corrected chi connectivity index (χ2v) is 13.3. The molecule has 0 bridgehead atoms. The molecule has 7 nitrogen and oxygen atoms in total. The Morgan fingerprint density at radius 1 is 1.02 bits per heavy atom. The molecule has 4 aromatic rings. The molecule has 1 aliphatic heterocycles. The maximum Gasteiger partial charge on any atom is 0.255 e. The van der Waals surface area contributed by atoms with E-state index in [0.717, 1.165) is 37.8 Å². The van der Waals surface area contributed by atoms with Gasteiger partial charge in [-0.05, 0) is 79.6 Å². The Balaban J connectivity index is 1.39. The van der Waals surface area contributed by atoms with Gasteiger partial charge in [-0.2, -0.15) is 0 Å². The van der Waals surface area contributed by atoms with Gasteiger partial charge in [0.2, 0.25) is 10.0 Å². The van der Waals surface area contributed by atoms with Crippen LogP contribution in [0.15, 0.2) is 107 Å². The smallest absolute Gasteiger partial charge is 0.255 e. The van der Waals surface area contributed by atoms with E-state index in [4.69, 9.17) is 4.42 Å². The first-order chi connectivity index (χ1) is 21.7.